The summed E-state index contributed by atoms with van der Waals surface area (Å²) in [6.07, 6.45) is 0. The Bertz CT molecular complexity index is 404. The number of halogens is 1. The minimum atomic E-state index is -1.14. The Kier molecular flexibility index (Phi) is 4.78. The Balaban J connectivity index is 2.89. The molecule has 1 aromatic rings. The molecular weight excluding hydrogens is 246 g/mol. The van der Waals surface area contributed by atoms with E-state index >= 15 is 0 Å². The van der Waals surface area contributed by atoms with Gasteiger partial charge in [-0.1, -0.05) is 12.1 Å². The summed E-state index contributed by atoms with van der Waals surface area (Å²) in [7, 11) is 1.51. The van der Waals surface area contributed by atoms with Gasteiger partial charge < -0.3 is 15.2 Å². The highest BCUT2D eigenvalue weighted by Gasteiger charge is 2.21. The molecule has 0 spiro atoms. The van der Waals surface area contributed by atoms with E-state index in [-0.39, 0.29) is 5.88 Å². The van der Waals surface area contributed by atoms with Crippen molar-refractivity contribution in [3.63, 3.8) is 0 Å². The van der Waals surface area contributed by atoms with Gasteiger partial charge >= 0.3 is 5.97 Å². The number of ether oxygens (including phenoxy) is 1. The first-order valence-corrected chi connectivity index (χ1v) is 5.34. The van der Waals surface area contributed by atoms with Crippen LogP contribution in [0.15, 0.2) is 24.3 Å². The molecule has 0 fully saturated rings. The maximum absolute atomic E-state index is 11.1. The number of carbonyl (C=O) groups excluding carboxylic acids is 1. The van der Waals surface area contributed by atoms with E-state index in [1.165, 1.54) is 7.11 Å². The van der Waals surface area contributed by atoms with Crippen LogP contribution >= 0.6 is 11.6 Å². The Hall–Kier alpha value is -1.75. The maximum atomic E-state index is 11.1. The van der Waals surface area contributed by atoms with Crippen molar-refractivity contribution in [2.75, 3.05) is 13.0 Å². The van der Waals surface area contributed by atoms with E-state index in [9.17, 15) is 9.59 Å². The van der Waals surface area contributed by atoms with Gasteiger partial charge in [0.15, 0.2) is 6.04 Å². The molecule has 0 aliphatic heterocycles. The number of aliphatic carboxylic acids is 1. The van der Waals surface area contributed by atoms with Crippen molar-refractivity contribution in [3.8, 4) is 5.75 Å². The molecular formula is C11H12ClNO4. The highest BCUT2D eigenvalue weighted by atomic mass is 35.5. The molecule has 17 heavy (non-hydrogen) atoms. The van der Waals surface area contributed by atoms with E-state index in [4.69, 9.17) is 21.4 Å². The SMILES string of the molecule is COc1ccc(C(NC(=O)CCl)C(=O)O)cc1. The fourth-order valence-electron chi connectivity index (χ4n) is 1.28. The van der Waals surface area contributed by atoms with Crippen LogP contribution in [0.1, 0.15) is 11.6 Å². The predicted molar refractivity (Wildman–Crippen MR) is 62.2 cm³/mol. The Labute approximate surface area is 103 Å². The van der Waals surface area contributed by atoms with Crippen LogP contribution in [0.5, 0.6) is 5.75 Å². The number of amides is 1. The smallest absolute Gasteiger partial charge is 0.330 e. The number of carbonyl (C=O) groups is 2. The van der Waals surface area contributed by atoms with Gasteiger partial charge in [-0.3, -0.25) is 4.79 Å². The topological polar surface area (TPSA) is 75.6 Å². The lowest BCUT2D eigenvalue weighted by molar-refractivity contribution is -0.141. The van der Waals surface area contributed by atoms with Crippen molar-refractivity contribution in [3.05, 3.63) is 29.8 Å². The van der Waals surface area contributed by atoms with Crippen molar-refractivity contribution in [1.82, 2.24) is 5.32 Å². The van der Waals surface area contributed by atoms with Gasteiger partial charge in [-0.2, -0.15) is 0 Å². The summed E-state index contributed by atoms with van der Waals surface area (Å²) >= 11 is 5.31. The number of benzene rings is 1. The highest BCUT2D eigenvalue weighted by molar-refractivity contribution is 6.27. The first kappa shape index (κ1) is 13.3. The van der Waals surface area contributed by atoms with Crippen molar-refractivity contribution in [1.29, 1.82) is 0 Å². The normalized spacial score (nSPS) is 11.6. The van der Waals surface area contributed by atoms with Gasteiger partial charge in [0.2, 0.25) is 5.91 Å². The first-order chi connectivity index (χ1) is 8.08. The Morgan fingerprint density at radius 1 is 1.41 bits per heavy atom. The van der Waals surface area contributed by atoms with Crippen LogP contribution in [-0.2, 0) is 9.59 Å². The lowest BCUT2D eigenvalue weighted by Crippen LogP contribution is -2.34. The minimum Gasteiger partial charge on any atom is -0.497 e. The fraction of sp³-hybridized carbons (Fsp3) is 0.273. The monoisotopic (exact) mass is 257 g/mol. The predicted octanol–water partition coefficient (Wildman–Crippen LogP) is 1.18. The number of alkyl halides is 1. The third-order valence-corrected chi connectivity index (χ3v) is 2.37. The molecule has 0 saturated heterocycles. The molecule has 0 saturated carbocycles. The lowest BCUT2D eigenvalue weighted by atomic mass is 10.1. The van der Waals surface area contributed by atoms with E-state index in [0.717, 1.165) is 0 Å². The van der Waals surface area contributed by atoms with Crippen molar-refractivity contribution in [2.45, 2.75) is 6.04 Å². The Morgan fingerprint density at radius 3 is 2.41 bits per heavy atom. The van der Waals surface area contributed by atoms with Crippen molar-refractivity contribution in [2.24, 2.45) is 0 Å². The third kappa shape index (κ3) is 3.64. The number of carboxylic acids is 1. The molecule has 1 aromatic carbocycles. The van der Waals surface area contributed by atoms with Crippen LogP contribution < -0.4 is 10.1 Å². The molecule has 1 rings (SSSR count). The summed E-state index contributed by atoms with van der Waals surface area (Å²) in [5.74, 6) is -1.34. The molecule has 0 aliphatic carbocycles. The molecule has 2 N–H and O–H groups in total. The van der Waals surface area contributed by atoms with Gasteiger partial charge in [-0.15, -0.1) is 11.6 Å². The van der Waals surface area contributed by atoms with Crippen LogP contribution in [0.4, 0.5) is 0 Å². The molecule has 0 heterocycles. The third-order valence-electron chi connectivity index (χ3n) is 2.12. The van der Waals surface area contributed by atoms with Gasteiger partial charge in [0.05, 0.1) is 7.11 Å². The zero-order valence-electron chi connectivity index (χ0n) is 9.14. The summed E-state index contributed by atoms with van der Waals surface area (Å²) in [6, 6.07) is 5.29. The number of carboxylic acid groups (broad SMARTS) is 1. The number of nitrogens with one attached hydrogen (secondary N) is 1. The molecule has 0 radical (unpaired) electrons. The second kappa shape index (κ2) is 6.10. The average Bonchev–Trinajstić information content (AvgIpc) is 2.35. The summed E-state index contributed by atoms with van der Waals surface area (Å²) in [5.41, 5.74) is 0.455. The van der Waals surface area contributed by atoms with E-state index in [2.05, 4.69) is 5.32 Å². The minimum absolute atomic E-state index is 0.278. The van der Waals surface area contributed by atoms with Crippen molar-refractivity contribution >= 4 is 23.5 Å². The molecule has 1 atom stereocenters. The van der Waals surface area contributed by atoms with Gasteiger partial charge in [-0.05, 0) is 17.7 Å². The van der Waals surface area contributed by atoms with Crippen LogP contribution in [0.2, 0.25) is 0 Å². The molecule has 6 heteroatoms. The standard InChI is InChI=1S/C11H12ClNO4/c1-17-8-4-2-7(3-5-8)10(11(15)16)13-9(14)6-12/h2-5,10H,6H2,1H3,(H,13,14)(H,15,16). The van der Waals surface area contributed by atoms with Gasteiger partial charge in [0.1, 0.15) is 11.6 Å². The van der Waals surface area contributed by atoms with E-state index in [1.54, 1.807) is 24.3 Å². The fourth-order valence-corrected chi connectivity index (χ4v) is 1.36. The van der Waals surface area contributed by atoms with E-state index < -0.39 is 17.9 Å². The molecule has 0 aliphatic rings. The van der Waals surface area contributed by atoms with Crippen LogP contribution in [0, 0.1) is 0 Å². The summed E-state index contributed by atoms with van der Waals surface area (Å²) in [4.78, 5) is 22.1. The van der Waals surface area contributed by atoms with E-state index in [1.807, 2.05) is 0 Å². The second-order valence-electron chi connectivity index (χ2n) is 3.25. The first-order valence-electron chi connectivity index (χ1n) is 4.80. The van der Waals surface area contributed by atoms with Crippen LogP contribution in [0.3, 0.4) is 0 Å². The quantitative estimate of drug-likeness (QED) is 0.777. The van der Waals surface area contributed by atoms with Gasteiger partial charge in [-0.25, -0.2) is 4.79 Å². The summed E-state index contributed by atoms with van der Waals surface area (Å²) < 4.78 is 4.96. The largest absolute Gasteiger partial charge is 0.497 e. The number of methoxy groups -OCH3 is 1. The molecule has 5 nitrogen and oxygen atoms in total. The highest BCUT2D eigenvalue weighted by Crippen LogP contribution is 2.17. The van der Waals surface area contributed by atoms with Crippen LogP contribution in [0.25, 0.3) is 0 Å². The maximum Gasteiger partial charge on any atom is 0.330 e. The second-order valence-corrected chi connectivity index (χ2v) is 3.51. The molecule has 1 amide bonds. The van der Waals surface area contributed by atoms with Gasteiger partial charge in [0, 0.05) is 0 Å². The summed E-state index contributed by atoms with van der Waals surface area (Å²) in [6.45, 7) is 0. The summed E-state index contributed by atoms with van der Waals surface area (Å²) in [5, 5.41) is 11.3. The zero-order valence-corrected chi connectivity index (χ0v) is 9.90. The number of hydrogen-bond donors (Lipinski definition) is 2. The lowest BCUT2D eigenvalue weighted by Gasteiger charge is -2.14. The number of rotatable bonds is 5. The molecule has 0 aromatic heterocycles. The molecule has 0 bridgehead atoms. The zero-order chi connectivity index (χ0) is 12.8. The van der Waals surface area contributed by atoms with Gasteiger partial charge in [0.25, 0.3) is 0 Å². The number of hydrogen-bond acceptors (Lipinski definition) is 3. The Morgan fingerprint density at radius 2 is 2.00 bits per heavy atom. The van der Waals surface area contributed by atoms with Crippen molar-refractivity contribution < 1.29 is 19.4 Å². The molecule has 1 unspecified atom stereocenters. The van der Waals surface area contributed by atoms with E-state index in [0.29, 0.717) is 11.3 Å². The average molecular weight is 258 g/mol. The molecule has 92 valence electrons. The van der Waals surface area contributed by atoms with Crippen LogP contribution in [-0.4, -0.2) is 30.0 Å².